The minimum atomic E-state index is -0.723. The summed E-state index contributed by atoms with van der Waals surface area (Å²) in [5.74, 6) is 0.249. The first-order valence-corrected chi connectivity index (χ1v) is 7.21. The molecule has 110 valence electrons. The lowest BCUT2D eigenvalue weighted by molar-refractivity contribution is -0.141. The van der Waals surface area contributed by atoms with E-state index in [1.165, 1.54) is 0 Å². The maximum atomic E-state index is 11.0. The van der Waals surface area contributed by atoms with Gasteiger partial charge in [-0.3, -0.25) is 4.79 Å². The van der Waals surface area contributed by atoms with Crippen molar-refractivity contribution >= 4 is 11.9 Å². The van der Waals surface area contributed by atoms with Crippen LogP contribution in [0.15, 0.2) is 6.07 Å². The lowest BCUT2D eigenvalue weighted by atomic mass is 9.66. The van der Waals surface area contributed by atoms with Crippen LogP contribution >= 0.6 is 0 Å². The van der Waals surface area contributed by atoms with Crippen LogP contribution in [0.3, 0.4) is 0 Å². The summed E-state index contributed by atoms with van der Waals surface area (Å²) in [5.41, 5.74) is 1.84. The summed E-state index contributed by atoms with van der Waals surface area (Å²) < 4.78 is 0. The summed E-state index contributed by atoms with van der Waals surface area (Å²) in [5, 5.41) is 12.3. The summed E-state index contributed by atoms with van der Waals surface area (Å²) in [4.78, 5) is 19.8. The Morgan fingerprint density at radius 3 is 2.65 bits per heavy atom. The number of hydrogen-bond acceptors (Lipinski definition) is 4. The molecule has 2 rings (SSSR count). The molecule has 0 aromatic carbocycles. The Hall–Kier alpha value is -1.65. The molecule has 1 aliphatic carbocycles. The first-order valence-electron chi connectivity index (χ1n) is 7.21. The van der Waals surface area contributed by atoms with Crippen molar-refractivity contribution in [3.05, 3.63) is 17.5 Å². The highest BCUT2D eigenvalue weighted by Gasteiger charge is 2.38. The van der Waals surface area contributed by atoms with Gasteiger partial charge < -0.3 is 10.4 Å². The SMILES string of the molecule is Cc1cc(C(C)C)nc(NCC2(CC(=O)O)CCC2)n1. The molecule has 2 N–H and O–H groups in total. The molecule has 0 unspecified atom stereocenters. The summed E-state index contributed by atoms with van der Waals surface area (Å²) >= 11 is 0. The van der Waals surface area contributed by atoms with Gasteiger partial charge in [0, 0.05) is 17.9 Å². The summed E-state index contributed by atoms with van der Waals surface area (Å²) in [6.45, 7) is 6.79. The Morgan fingerprint density at radius 1 is 1.45 bits per heavy atom. The fourth-order valence-corrected chi connectivity index (χ4v) is 2.65. The van der Waals surface area contributed by atoms with E-state index in [-0.39, 0.29) is 11.8 Å². The largest absolute Gasteiger partial charge is 0.481 e. The van der Waals surface area contributed by atoms with E-state index in [1.54, 1.807) is 0 Å². The number of carbonyl (C=O) groups is 1. The third kappa shape index (κ3) is 3.46. The van der Waals surface area contributed by atoms with Crippen LogP contribution in [-0.2, 0) is 4.79 Å². The summed E-state index contributed by atoms with van der Waals surface area (Å²) in [6.07, 6.45) is 3.27. The second-order valence-electron chi connectivity index (χ2n) is 6.19. The lowest BCUT2D eigenvalue weighted by Crippen LogP contribution is -2.38. The van der Waals surface area contributed by atoms with Gasteiger partial charge in [-0.15, -0.1) is 0 Å². The minimum Gasteiger partial charge on any atom is -0.481 e. The quantitative estimate of drug-likeness (QED) is 0.836. The van der Waals surface area contributed by atoms with E-state index in [2.05, 4.69) is 29.1 Å². The van der Waals surface area contributed by atoms with Crippen LogP contribution in [0.25, 0.3) is 0 Å². The molecule has 1 aromatic rings. The summed E-state index contributed by atoms with van der Waals surface area (Å²) in [6, 6.07) is 1.99. The van der Waals surface area contributed by atoms with E-state index in [9.17, 15) is 4.79 Å². The highest BCUT2D eigenvalue weighted by atomic mass is 16.4. The number of anilines is 1. The zero-order valence-corrected chi connectivity index (χ0v) is 12.4. The molecule has 1 aromatic heterocycles. The Morgan fingerprint density at radius 2 is 2.15 bits per heavy atom. The van der Waals surface area contributed by atoms with Crippen molar-refractivity contribution in [2.45, 2.75) is 52.4 Å². The molecular weight excluding hydrogens is 254 g/mol. The molecule has 1 heterocycles. The third-order valence-electron chi connectivity index (χ3n) is 4.03. The number of aliphatic carboxylic acids is 1. The zero-order chi connectivity index (χ0) is 14.8. The first kappa shape index (κ1) is 14.8. The fourth-order valence-electron chi connectivity index (χ4n) is 2.65. The topological polar surface area (TPSA) is 75.1 Å². The number of carboxylic acids is 1. The molecular formula is C15H23N3O2. The molecule has 0 spiro atoms. The van der Waals surface area contributed by atoms with Gasteiger partial charge >= 0.3 is 5.97 Å². The highest BCUT2D eigenvalue weighted by molar-refractivity contribution is 5.68. The van der Waals surface area contributed by atoms with Crippen LogP contribution in [0.2, 0.25) is 0 Å². The normalized spacial score (nSPS) is 16.8. The molecule has 1 saturated carbocycles. The predicted molar refractivity (Wildman–Crippen MR) is 77.9 cm³/mol. The van der Waals surface area contributed by atoms with Gasteiger partial charge in [-0.25, -0.2) is 9.97 Å². The van der Waals surface area contributed by atoms with Crippen molar-refractivity contribution in [3.63, 3.8) is 0 Å². The third-order valence-corrected chi connectivity index (χ3v) is 4.03. The van der Waals surface area contributed by atoms with E-state index in [0.29, 0.717) is 18.4 Å². The van der Waals surface area contributed by atoms with Crippen molar-refractivity contribution in [2.24, 2.45) is 5.41 Å². The van der Waals surface area contributed by atoms with Gasteiger partial charge in [0.05, 0.1) is 6.42 Å². The molecule has 1 fully saturated rings. The van der Waals surface area contributed by atoms with E-state index in [4.69, 9.17) is 5.11 Å². The van der Waals surface area contributed by atoms with Gasteiger partial charge in [-0.05, 0) is 37.2 Å². The van der Waals surface area contributed by atoms with Crippen LogP contribution in [0.1, 0.15) is 56.8 Å². The summed E-state index contributed by atoms with van der Waals surface area (Å²) in [7, 11) is 0. The number of rotatable bonds is 6. The van der Waals surface area contributed by atoms with Crippen molar-refractivity contribution in [1.82, 2.24) is 9.97 Å². The van der Waals surface area contributed by atoms with E-state index < -0.39 is 5.97 Å². The smallest absolute Gasteiger partial charge is 0.303 e. The molecule has 0 bridgehead atoms. The van der Waals surface area contributed by atoms with Crippen LogP contribution in [0.4, 0.5) is 5.95 Å². The molecule has 5 nitrogen and oxygen atoms in total. The number of nitrogens with zero attached hydrogens (tertiary/aromatic N) is 2. The Balaban J connectivity index is 2.04. The van der Waals surface area contributed by atoms with Gasteiger partial charge in [0.2, 0.25) is 5.95 Å². The molecule has 0 radical (unpaired) electrons. The van der Waals surface area contributed by atoms with Gasteiger partial charge in [0.15, 0.2) is 0 Å². The average Bonchev–Trinajstić information content (AvgIpc) is 2.31. The van der Waals surface area contributed by atoms with Crippen LogP contribution < -0.4 is 5.32 Å². The second-order valence-corrected chi connectivity index (χ2v) is 6.19. The average molecular weight is 277 g/mol. The molecule has 20 heavy (non-hydrogen) atoms. The zero-order valence-electron chi connectivity index (χ0n) is 12.4. The van der Waals surface area contributed by atoms with Crippen molar-refractivity contribution in [3.8, 4) is 0 Å². The number of aryl methyl sites for hydroxylation is 1. The van der Waals surface area contributed by atoms with Gasteiger partial charge in [0.1, 0.15) is 0 Å². The van der Waals surface area contributed by atoms with Crippen LogP contribution in [-0.4, -0.2) is 27.6 Å². The van der Waals surface area contributed by atoms with E-state index in [1.807, 2.05) is 13.0 Å². The molecule has 5 heteroatoms. The Kier molecular flexibility index (Phi) is 4.26. The monoisotopic (exact) mass is 277 g/mol. The van der Waals surface area contributed by atoms with Crippen molar-refractivity contribution in [2.75, 3.05) is 11.9 Å². The first-order chi connectivity index (χ1) is 9.40. The van der Waals surface area contributed by atoms with Gasteiger partial charge in [-0.2, -0.15) is 0 Å². The van der Waals surface area contributed by atoms with Gasteiger partial charge in [0.25, 0.3) is 0 Å². The molecule has 1 aliphatic rings. The number of nitrogens with one attached hydrogen (secondary N) is 1. The Bertz CT molecular complexity index is 496. The molecule has 0 amide bonds. The van der Waals surface area contributed by atoms with Crippen molar-refractivity contribution < 1.29 is 9.90 Å². The standard InChI is InChI=1S/C15H23N3O2/c1-10(2)12-7-11(3)17-14(18-12)16-9-15(5-4-6-15)8-13(19)20/h7,10H,4-6,8-9H2,1-3H3,(H,19,20)(H,16,17,18). The maximum Gasteiger partial charge on any atom is 0.303 e. The minimum absolute atomic E-state index is 0.114. The predicted octanol–water partition coefficient (Wildman–Crippen LogP) is 2.97. The van der Waals surface area contributed by atoms with Crippen LogP contribution in [0, 0.1) is 12.3 Å². The van der Waals surface area contributed by atoms with Crippen LogP contribution in [0.5, 0.6) is 0 Å². The Labute approximate surface area is 119 Å². The second kappa shape index (κ2) is 5.77. The maximum absolute atomic E-state index is 11.0. The molecule has 0 aliphatic heterocycles. The van der Waals surface area contributed by atoms with E-state index in [0.717, 1.165) is 30.7 Å². The lowest BCUT2D eigenvalue weighted by Gasteiger charge is -2.40. The number of hydrogen-bond donors (Lipinski definition) is 2. The highest BCUT2D eigenvalue weighted by Crippen LogP contribution is 2.43. The number of aromatic nitrogens is 2. The fraction of sp³-hybridized carbons (Fsp3) is 0.667. The van der Waals surface area contributed by atoms with Gasteiger partial charge in [-0.1, -0.05) is 20.3 Å². The molecule has 0 atom stereocenters. The van der Waals surface area contributed by atoms with E-state index >= 15 is 0 Å². The molecule has 0 saturated heterocycles. The number of carboxylic acid groups (broad SMARTS) is 1. The van der Waals surface area contributed by atoms with Crippen molar-refractivity contribution in [1.29, 1.82) is 0 Å².